The fourth-order valence-corrected chi connectivity index (χ4v) is 5.30. The molecule has 0 spiro atoms. The van der Waals surface area contributed by atoms with Crippen LogP contribution in [0.1, 0.15) is 26.7 Å². The highest BCUT2D eigenvalue weighted by molar-refractivity contribution is 7.91. The van der Waals surface area contributed by atoms with E-state index < -0.39 is 15.6 Å². The molecule has 2 aromatic rings. The monoisotopic (exact) mass is 364 g/mol. The number of fused-ring (bicyclic) bond motifs is 1. The number of ether oxygens (including phenoxy) is 2. The minimum Gasteiger partial charge on any atom is -0.345 e. The molecule has 8 nitrogen and oxygen atoms in total. The molecule has 3 atom stereocenters. The Bertz CT molecular complexity index is 865. The van der Waals surface area contributed by atoms with Gasteiger partial charge in [-0.3, -0.25) is 0 Å². The van der Waals surface area contributed by atoms with Gasteiger partial charge in [-0.15, -0.1) is 0 Å². The average Bonchev–Trinajstić information content (AvgIpc) is 3.24. The van der Waals surface area contributed by atoms with Crippen molar-refractivity contribution in [2.24, 2.45) is 5.92 Å². The van der Waals surface area contributed by atoms with Gasteiger partial charge in [0.1, 0.15) is 0 Å². The molecule has 1 aliphatic heterocycles. The van der Waals surface area contributed by atoms with Crippen LogP contribution in [0.25, 0.3) is 5.69 Å². The van der Waals surface area contributed by atoms with Crippen molar-refractivity contribution in [3.63, 3.8) is 0 Å². The van der Waals surface area contributed by atoms with Gasteiger partial charge in [0, 0.05) is 5.92 Å². The smallest absolute Gasteiger partial charge is 0.272 e. The van der Waals surface area contributed by atoms with Crippen LogP contribution in [0.5, 0.6) is 0 Å². The minimum absolute atomic E-state index is 0.0414. The molecule has 1 aromatic heterocycles. The fraction of sp³-hybridized carbons (Fsp3) is 0.562. The van der Waals surface area contributed by atoms with Crippen LogP contribution >= 0.6 is 0 Å². The Kier molecular flexibility index (Phi) is 3.89. The molecule has 2 fully saturated rings. The summed E-state index contributed by atoms with van der Waals surface area (Å²) in [5.41, 5.74) is 0.608. The zero-order valence-electron chi connectivity index (χ0n) is 14.1. The van der Waals surface area contributed by atoms with Crippen molar-refractivity contribution in [1.82, 2.24) is 20.2 Å². The highest BCUT2D eigenvalue weighted by Gasteiger charge is 2.50. The summed E-state index contributed by atoms with van der Waals surface area (Å²) in [6, 6.07) is 8.98. The van der Waals surface area contributed by atoms with Gasteiger partial charge >= 0.3 is 0 Å². The van der Waals surface area contributed by atoms with Gasteiger partial charge in [0.05, 0.1) is 23.6 Å². The highest BCUT2D eigenvalue weighted by atomic mass is 32.2. The van der Waals surface area contributed by atoms with E-state index in [0.29, 0.717) is 5.69 Å². The maximum atomic E-state index is 12.9. The van der Waals surface area contributed by atoms with Crippen molar-refractivity contribution >= 4 is 9.84 Å². The Morgan fingerprint density at radius 3 is 2.72 bits per heavy atom. The molecule has 2 aliphatic rings. The Labute approximate surface area is 146 Å². The molecule has 0 N–H and O–H groups in total. The number of tetrazole rings is 1. The van der Waals surface area contributed by atoms with Crippen LogP contribution in [-0.2, 0) is 19.3 Å². The van der Waals surface area contributed by atoms with E-state index in [1.54, 1.807) is 24.3 Å². The highest BCUT2D eigenvalue weighted by Crippen LogP contribution is 2.42. The molecule has 0 amide bonds. The van der Waals surface area contributed by atoms with E-state index in [2.05, 4.69) is 15.5 Å². The van der Waals surface area contributed by atoms with Gasteiger partial charge in [-0.25, -0.2) is 8.42 Å². The Morgan fingerprint density at radius 1 is 1.20 bits per heavy atom. The van der Waals surface area contributed by atoms with Crippen molar-refractivity contribution in [3.05, 3.63) is 30.3 Å². The number of para-hydroxylation sites is 1. The van der Waals surface area contributed by atoms with E-state index in [1.165, 1.54) is 4.68 Å². The first-order valence-electron chi connectivity index (χ1n) is 8.28. The molecule has 0 radical (unpaired) electrons. The van der Waals surface area contributed by atoms with Gasteiger partial charge < -0.3 is 9.47 Å². The summed E-state index contributed by atoms with van der Waals surface area (Å²) in [4.78, 5) is 0. The first-order valence-corrected chi connectivity index (χ1v) is 9.93. The lowest BCUT2D eigenvalue weighted by Gasteiger charge is -2.21. The van der Waals surface area contributed by atoms with Crippen LogP contribution in [0.15, 0.2) is 35.5 Å². The van der Waals surface area contributed by atoms with E-state index in [0.717, 1.165) is 12.8 Å². The topological polar surface area (TPSA) is 96.2 Å². The number of aromatic nitrogens is 4. The third-order valence-electron chi connectivity index (χ3n) is 4.66. The summed E-state index contributed by atoms with van der Waals surface area (Å²) in [5, 5.41) is 11.0. The first-order chi connectivity index (χ1) is 11.9. The largest absolute Gasteiger partial charge is 0.345 e. The normalized spacial score (nSPS) is 28.2. The molecule has 2 heterocycles. The van der Waals surface area contributed by atoms with Crippen LogP contribution in [0.4, 0.5) is 0 Å². The van der Waals surface area contributed by atoms with Gasteiger partial charge in [0.2, 0.25) is 9.84 Å². The lowest BCUT2D eigenvalue weighted by Crippen LogP contribution is -2.30. The van der Waals surface area contributed by atoms with E-state index in [9.17, 15) is 8.42 Å². The van der Waals surface area contributed by atoms with E-state index in [4.69, 9.17) is 9.47 Å². The molecule has 25 heavy (non-hydrogen) atoms. The Balaban J connectivity index is 1.59. The van der Waals surface area contributed by atoms with Crippen molar-refractivity contribution in [3.8, 4) is 5.69 Å². The van der Waals surface area contributed by atoms with Crippen molar-refractivity contribution in [2.45, 2.75) is 49.8 Å². The van der Waals surface area contributed by atoms with Crippen LogP contribution in [0, 0.1) is 5.92 Å². The predicted molar refractivity (Wildman–Crippen MR) is 87.8 cm³/mol. The molecular weight excluding hydrogens is 344 g/mol. The van der Waals surface area contributed by atoms with E-state index >= 15 is 0 Å². The number of rotatable bonds is 4. The van der Waals surface area contributed by atoms with Gasteiger partial charge in [0.25, 0.3) is 5.16 Å². The van der Waals surface area contributed by atoms with Gasteiger partial charge in [-0.2, -0.15) is 4.68 Å². The minimum atomic E-state index is -3.66. The molecule has 4 rings (SSSR count). The molecule has 0 unspecified atom stereocenters. The second kappa shape index (κ2) is 5.86. The van der Waals surface area contributed by atoms with Gasteiger partial charge in [0.15, 0.2) is 5.79 Å². The average molecular weight is 364 g/mol. The lowest BCUT2D eigenvalue weighted by atomic mass is 10.1. The molecule has 1 aliphatic carbocycles. The van der Waals surface area contributed by atoms with E-state index in [-0.39, 0.29) is 29.0 Å². The zero-order chi connectivity index (χ0) is 17.7. The number of hydrogen-bond donors (Lipinski definition) is 0. The molecular formula is C16H20N4O4S. The lowest BCUT2D eigenvalue weighted by molar-refractivity contribution is -0.155. The number of sulfone groups is 1. The summed E-state index contributed by atoms with van der Waals surface area (Å²) in [6.07, 6.45) is 1.31. The standard InChI is InChI=1S/C16H20N4O4S/c1-16(2)23-13-9-8-11(14(13)24-16)10-25(21,22)15-17-18-19-20(15)12-6-4-3-5-7-12/h3-7,11,13-14H,8-10H2,1-2H3/t11-,13+,14-/m1/s1. The fourth-order valence-electron chi connectivity index (χ4n) is 3.67. The number of nitrogens with zero attached hydrogens (tertiary/aromatic N) is 4. The Morgan fingerprint density at radius 2 is 1.96 bits per heavy atom. The summed E-state index contributed by atoms with van der Waals surface area (Å²) in [5.74, 6) is -0.845. The molecule has 1 saturated heterocycles. The number of benzene rings is 1. The first kappa shape index (κ1) is 16.6. The summed E-state index contributed by atoms with van der Waals surface area (Å²) in [6.45, 7) is 3.71. The van der Waals surface area contributed by atoms with Crippen LogP contribution in [0.3, 0.4) is 0 Å². The summed E-state index contributed by atoms with van der Waals surface area (Å²) < 4.78 is 38.9. The molecule has 0 bridgehead atoms. The summed E-state index contributed by atoms with van der Waals surface area (Å²) in [7, 11) is -3.66. The summed E-state index contributed by atoms with van der Waals surface area (Å²) >= 11 is 0. The third-order valence-corrected chi connectivity index (χ3v) is 6.34. The van der Waals surface area contributed by atoms with Gasteiger partial charge in [-0.1, -0.05) is 23.3 Å². The van der Waals surface area contributed by atoms with Crippen molar-refractivity contribution < 1.29 is 17.9 Å². The van der Waals surface area contributed by atoms with Crippen molar-refractivity contribution in [2.75, 3.05) is 5.75 Å². The van der Waals surface area contributed by atoms with Crippen LogP contribution < -0.4 is 0 Å². The second-order valence-electron chi connectivity index (χ2n) is 6.97. The Hall–Kier alpha value is -1.84. The third kappa shape index (κ3) is 3.07. The van der Waals surface area contributed by atoms with Crippen LogP contribution in [0.2, 0.25) is 0 Å². The maximum absolute atomic E-state index is 12.9. The quantitative estimate of drug-likeness (QED) is 0.808. The molecule has 9 heteroatoms. The predicted octanol–water partition coefficient (Wildman–Crippen LogP) is 1.37. The number of hydrogen-bond acceptors (Lipinski definition) is 7. The molecule has 1 aromatic carbocycles. The molecule has 134 valence electrons. The second-order valence-corrected chi connectivity index (χ2v) is 8.89. The van der Waals surface area contributed by atoms with E-state index in [1.807, 2.05) is 19.9 Å². The van der Waals surface area contributed by atoms with Crippen LogP contribution in [-0.4, -0.2) is 52.4 Å². The van der Waals surface area contributed by atoms with Gasteiger partial charge in [-0.05, 0) is 49.2 Å². The zero-order valence-corrected chi connectivity index (χ0v) is 14.9. The molecule has 1 saturated carbocycles. The SMILES string of the molecule is CC1(C)O[C@@H]2[C@@H](CS(=O)(=O)c3nnnn3-c3ccccc3)CC[C@@H]2O1. The van der Waals surface area contributed by atoms with Crippen molar-refractivity contribution in [1.29, 1.82) is 0 Å². The maximum Gasteiger partial charge on any atom is 0.272 e.